The molecule has 6 nitrogen and oxygen atoms in total. The fourth-order valence-electron chi connectivity index (χ4n) is 2.41. The molecule has 8 heteroatoms. The van der Waals surface area contributed by atoms with Gasteiger partial charge < -0.3 is 10.1 Å². The lowest BCUT2D eigenvalue weighted by molar-refractivity contribution is -0.115. The van der Waals surface area contributed by atoms with Gasteiger partial charge in [0.05, 0.1) is 13.7 Å². The fraction of sp³-hybridized carbons (Fsp3) is 0.278. The molecule has 2 aromatic rings. The van der Waals surface area contributed by atoms with Crippen LogP contribution in [0.3, 0.4) is 0 Å². The molecule has 2 rings (SSSR count). The van der Waals surface area contributed by atoms with Gasteiger partial charge in [-0.3, -0.25) is 4.79 Å². The first-order valence-electron chi connectivity index (χ1n) is 7.96. The maximum absolute atomic E-state index is 12.5. The van der Waals surface area contributed by atoms with E-state index in [1.54, 1.807) is 6.07 Å². The van der Waals surface area contributed by atoms with Gasteiger partial charge in [0.1, 0.15) is 10.6 Å². The van der Waals surface area contributed by atoms with Gasteiger partial charge in [-0.1, -0.05) is 43.6 Å². The largest absolute Gasteiger partial charge is 0.495 e. The minimum atomic E-state index is -3.96. The number of rotatable bonds is 7. The van der Waals surface area contributed by atoms with Crippen LogP contribution in [0.15, 0.2) is 47.4 Å². The van der Waals surface area contributed by atoms with Crippen LogP contribution in [0.5, 0.6) is 5.75 Å². The summed E-state index contributed by atoms with van der Waals surface area (Å²) >= 11 is 5.87. The maximum atomic E-state index is 12.5. The van der Waals surface area contributed by atoms with Gasteiger partial charge in [0.2, 0.25) is 15.9 Å². The van der Waals surface area contributed by atoms with E-state index in [0.29, 0.717) is 5.69 Å². The van der Waals surface area contributed by atoms with Crippen LogP contribution in [0, 0.1) is 0 Å². The molecular weight excluding hydrogens is 376 g/mol. The van der Waals surface area contributed by atoms with Crippen molar-refractivity contribution in [3.05, 3.63) is 53.1 Å². The lowest BCUT2D eigenvalue weighted by atomic mass is 10.0. The van der Waals surface area contributed by atoms with Crippen LogP contribution < -0.4 is 14.8 Å². The van der Waals surface area contributed by atoms with Crippen LogP contribution >= 0.6 is 11.6 Å². The number of carbonyl (C=O) groups is 1. The number of hydrogen-bond donors (Lipinski definition) is 2. The summed E-state index contributed by atoms with van der Waals surface area (Å²) in [6.07, 6.45) is 0. The van der Waals surface area contributed by atoms with Crippen molar-refractivity contribution in [2.24, 2.45) is 0 Å². The molecule has 0 fully saturated rings. The summed E-state index contributed by atoms with van der Waals surface area (Å²) in [5, 5.41) is 2.98. The predicted octanol–water partition coefficient (Wildman–Crippen LogP) is 3.39. The molecule has 0 saturated heterocycles. The lowest BCUT2D eigenvalue weighted by Gasteiger charge is -2.14. The number of methoxy groups -OCH3 is 1. The Bertz CT molecular complexity index is 898. The number of sulfonamides is 1. The summed E-state index contributed by atoms with van der Waals surface area (Å²) in [7, 11) is -2.60. The molecule has 0 aliphatic carbocycles. The second-order valence-corrected chi connectivity index (χ2v) is 8.08. The molecule has 1 amide bonds. The van der Waals surface area contributed by atoms with Crippen molar-refractivity contribution >= 4 is 33.2 Å². The first-order chi connectivity index (χ1) is 12.2. The Morgan fingerprint density at radius 1 is 1.19 bits per heavy atom. The first-order valence-corrected chi connectivity index (χ1v) is 9.82. The highest BCUT2D eigenvalue weighted by atomic mass is 35.5. The molecule has 0 radical (unpaired) electrons. The van der Waals surface area contributed by atoms with E-state index in [1.807, 2.05) is 32.0 Å². The molecule has 0 aliphatic heterocycles. The summed E-state index contributed by atoms with van der Waals surface area (Å²) in [6, 6.07) is 11.6. The Hall–Kier alpha value is -2.09. The number of ether oxygens (including phenoxy) is 1. The molecule has 0 aromatic heterocycles. The van der Waals surface area contributed by atoms with E-state index in [0.717, 1.165) is 5.56 Å². The van der Waals surface area contributed by atoms with Crippen molar-refractivity contribution in [2.75, 3.05) is 19.0 Å². The van der Waals surface area contributed by atoms with E-state index in [2.05, 4.69) is 10.0 Å². The Morgan fingerprint density at radius 2 is 1.88 bits per heavy atom. The van der Waals surface area contributed by atoms with Gasteiger partial charge in [-0.05, 0) is 35.7 Å². The van der Waals surface area contributed by atoms with Crippen molar-refractivity contribution in [1.29, 1.82) is 0 Å². The quantitative estimate of drug-likeness (QED) is 0.751. The molecule has 0 atom stereocenters. The number of anilines is 1. The van der Waals surface area contributed by atoms with Crippen molar-refractivity contribution in [2.45, 2.75) is 24.7 Å². The van der Waals surface area contributed by atoms with E-state index in [-0.39, 0.29) is 21.6 Å². The average molecular weight is 397 g/mol. The highest BCUT2D eigenvalue weighted by Gasteiger charge is 2.21. The molecule has 26 heavy (non-hydrogen) atoms. The van der Waals surface area contributed by atoms with E-state index < -0.39 is 22.5 Å². The summed E-state index contributed by atoms with van der Waals surface area (Å²) in [6.45, 7) is 3.61. The van der Waals surface area contributed by atoms with Crippen LogP contribution in [0.4, 0.5) is 5.69 Å². The van der Waals surface area contributed by atoms with Gasteiger partial charge in [0, 0.05) is 10.7 Å². The van der Waals surface area contributed by atoms with Crippen LogP contribution in [-0.4, -0.2) is 28.0 Å². The topological polar surface area (TPSA) is 84.5 Å². The average Bonchev–Trinajstić information content (AvgIpc) is 2.60. The summed E-state index contributed by atoms with van der Waals surface area (Å²) in [5.74, 6) is -0.103. The zero-order valence-electron chi connectivity index (χ0n) is 14.7. The third-order valence-corrected chi connectivity index (χ3v) is 5.35. The monoisotopic (exact) mass is 396 g/mol. The molecule has 0 bridgehead atoms. The van der Waals surface area contributed by atoms with Gasteiger partial charge in [0.15, 0.2) is 0 Å². The third kappa shape index (κ3) is 4.97. The van der Waals surface area contributed by atoms with Gasteiger partial charge in [0.25, 0.3) is 0 Å². The predicted molar refractivity (Wildman–Crippen MR) is 102 cm³/mol. The van der Waals surface area contributed by atoms with Crippen LogP contribution in [-0.2, 0) is 14.8 Å². The zero-order valence-corrected chi connectivity index (χ0v) is 16.3. The van der Waals surface area contributed by atoms with Gasteiger partial charge in [-0.25, -0.2) is 13.1 Å². The van der Waals surface area contributed by atoms with Crippen molar-refractivity contribution < 1.29 is 17.9 Å². The fourth-order valence-corrected chi connectivity index (χ4v) is 3.82. The standard InChI is InChI=1S/C18H21ClN2O4S/c1-12(2)14-6-4-5-7-15(14)21-18(22)11-20-26(23,24)17-10-13(19)8-9-16(17)25-3/h4-10,12,20H,11H2,1-3H3,(H,21,22). The molecule has 0 unspecified atom stereocenters. The summed E-state index contributed by atoms with van der Waals surface area (Å²) < 4.78 is 32.3. The first kappa shape index (κ1) is 20.2. The zero-order chi connectivity index (χ0) is 19.3. The van der Waals surface area contributed by atoms with Gasteiger partial charge in [-0.15, -0.1) is 0 Å². The van der Waals surface area contributed by atoms with Crippen LogP contribution in [0.25, 0.3) is 0 Å². The molecule has 140 valence electrons. The highest BCUT2D eigenvalue weighted by molar-refractivity contribution is 7.89. The van der Waals surface area contributed by atoms with Crippen LogP contribution in [0.1, 0.15) is 25.3 Å². The normalized spacial score (nSPS) is 11.4. The summed E-state index contributed by atoms with van der Waals surface area (Å²) in [4.78, 5) is 12.1. The number of hydrogen-bond acceptors (Lipinski definition) is 4. The van der Waals surface area contributed by atoms with Crippen LogP contribution in [0.2, 0.25) is 5.02 Å². The Kier molecular flexibility index (Phi) is 6.63. The molecule has 2 N–H and O–H groups in total. The van der Waals surface area contributed by atoms with Crippen molar-refractivity contribution in [3.8, 4) is 5.75 Å². The number of nitrogens with one attached hydrogen (secondary N) is 2. The molecular formula is C18H21ClN2O4S. The molecule has 2 aromatic carbocycles. The number of carbonyl (C=O) groups excluding carboxylic acids is 1. The van der Waals surface area contributed by atoms with E-state index in [9.17, 15) is 13.2 Å². The smallest absolute Gasteiger partial charge is 0.244 e. The molecule has 0 spiro atoms. The lowest BCUT2D eigenvalue weighted by Crippen LogP contribution is -2.33. The number of amides is 1. The molecule has 0 heterocycles. The summed E-state index contributed by atoms with van der Waals surface area (Å²) in [5.41, 5.74) is 1.63. The van der Waals surface area contributed by atoms with E-state index >= 15 is 0 Å². The van der Waals surface area contributed by atoms with Gasteiger partial charge >= 0.3 is 0 Å². The Labute approximate surface area is 158 Å². The van der Waals surface area contributed by atoms with Gasteiger partial charge in [-0.2, -0.15) is 0 Å². The third-order valence-electron chi connectivity index (χ3n) is 3.69. The number of para-hydroxylation sites is 1. The SMILES string of the molecule is COc1ccc(Cl)cc1S(=O)(=O)NCC(=O)Nc1ccccc1C(C)C. The highest BCUT2D eigenvalue weighted by Crippen LogP contribution is 2.27. The second-order valence-electron chi connectivity index (χ2n) is 5.91. The van der Waals surface area contributed by atoms with Crippen molar-refractivity contribution in [3.63, 3.8) is 0 Å². The van der Waals surface area contributed by atoms with Crippen molar-refractivity contribution in [1.82, 2.24) is 4.72 Å². The number of benzene rings is 2. The minimum absolute atomic E-state index is 0.122. The minimum Gasteiger partial charge on any atom is -0.495 e. The maximum Gasteiger partial charge on any atom is 0.244 e. The Morgan fingerprint density at radius 3 is 2.54 bits per heavy atom. The number of halogens is 1. The Balaban J connectivity index is 2.11. The second kappa shape index (κ2) is 8.53. The van der Waals surface area contributed by atoms with E-state index in [1.165, 1.54) is 25.3 Å². The molecule has 0 saturated carbocycles. The molecule has 0 aliphatic rings. The van der Waals surface area contributed by atoms with E-state index in [4.69, 9.17) is 16.3 Å².